The minimum Gasteiger partial charge on any atom is -0.383 e. The highest BCUT2D eigenvalue weighted by Crippen LogP contribution is 2.27. The molecule has 4 N–H and O–H groups in total. The van der Waals surface area contributed by atoms with Crippen LogP contribution in [0.5, 0.6) is 0 Å². The lowest BCUT2D eigenvalue weighted by molar-refractivity contribution is 0.0955. The van der Waals surface area contributed by atoms with Crippen molar-refractivity contribution < 1.29 is 4.79 Å². The van der Waals surface area contributed by atoms with E-state index in [1.807, 2.05) is 38.4 Å². The number of anilines is 1. The summed E-state index contributed by atoms with van der Waals surface area (Å²) in [5.41, 5.74) is 6.88. The standard InChI is InChI=1S/C20H24ClN5OS.CH4/c1-26(2)8-7-23-12-18-16(21)10-17(28-18)20(27)25-11-13-3-4-15-14(9-13)5-6-24-19(15)22;/h3-6,9-10,23H,7-8,11-12H2,1-2H3,(H2,22,24)(H,25,27);1H4. The number of likely N-dealkylation sites (N-methyl/N-ethyl adjacent to an activating group) is 1. The van der Waals surface area contributed by atoms with Crippen molar-refractivity contribution in [1.82, 2.24) is 20.5 Å². The van der Waals surface area contributed by atoms with Crippen LogP contribution in [0.25, 0.3) is 10.8 Å². The Morgan fingerprint density at radius 1 is 1.24 bits per heavy atom. The van der Waals surface area contributed by atoms with Crippen LogP contribution in [0.1, 0.15) is 27.5 Å². The summed E-state index contributed by atoms with van der Waals surface area (Å²) in [5.74, 6) is 0.383. The molecule has 0 atom stereocenters. The van der Waals surface area contributed by atoms with E-state index in [2.05, 4.69) is 20.5 Å². The number of hydrogen-bond acceptors (Lipinski definition) is 6. The number of amides is 1. The number of halogens is 1. The molecular weight excluding hydrogens is 406 g/mol. The molecule has 3 aromatic rings. The van der Waals surface area contributed by atoms with Gasteiger partial charge in [0.15, 0.2) is 0 Å². The van der Waals surface area contributed by atoms with E-state index in [4.69, 9.17) is 17.3 Å². The molecule has 0 saturated heterocycles. The Balaban J connectivity index is 0.00000300. The number of benzene rings is 1. The number of thiophene rings is 1. The van der Waals surface area contributed by atoms with E-state index in [1.165, 1.54) is 11.3 Å². The van der Waals surface area contributed by atoms with E-state index >= 15 is 0 Å². The van der Waals surface area contributed by atoms with Crippen LogP contribution in [0.15, 0.2) is 36.5 Å². The Kier molecular flexibility index (Phi) is 8.40. The van der Waals surface area contributed by atoms with Gasteiger partial charge in [0.05, 0.1) is 9.90 Å². The average molecular weight is 434 g/mol. The number of nitrogens with two attached hydrogens (primary N) is 1. The van der Waals surface area contributed by atoms with Crippen molar-refractivity contribution in [2.75, 3.05) is 32.9 Å². The first-order chi connectivity index (χ1) is 13.4. The topological polar surface area (TPSA) is 83.3 Å². The number of carbonyl (C=O) groups is 1. The van der Waals surface area contributed by atoms with E-state index in [-0.39, 0.29) is 13.3 Å². The van der Waals surface area contributed by atoms with Crippen LogP contribution in [0.3, 0.4) is 0 Å². The SMILES string of the molecule is C.CN(C)CCNCc1sc(C(=O)NCc2ccc3c(N)nccc3c2)cc1Cl. The second kappa shape index (κ2) is 10.5. The number of carbonyl (C=O) groups excluding carboxylic acids is 1. The third-order valence-electron chi connectivity index (χ3n) is 4.32. The summed E-state index contributed by atoms with van der Waals surface area (Å²) in [4.78, 5) is 20.3. The first-order valence-corrected chi connectivity index (χ1v) is 10.2. The van der Waals surface area contributed by atoms with Gasteiger partial charge in [0.25, 0.3) is 5.91 Å². The Bertz CT molecular complexity index is 973. The van der Waals surface area contributed by atoms with Gasteiger partial charge in [-0.1, -0.05) is 31.2 Å². The molecule has 0 unspecified atom stereocenters. The molecule has 2 heterocycles. The lowest BCUT2D eigenvalue weighted by Crippen LogP contribution is -2.26. The number of rotatable bonds is 8. The second-order valence-corrected chi connectivity index (χ2v) is 8.34. The van der Waals surface area contributed by atoms with Gasteiger partial charge in [-0.2, -0.15) is 0 Å². The highest BCUT2D eigenvalue weighted by Gasteiger charge is 2.13. The molecule has 0 saturated carbocycles. The second-order valence-electron chi connectivity index (χ2n) is 6.80. The normalized spacial score (nSPS) is 10.9. The number of hydrogen-bond donors (Lipinski definition) is 3. The fourth-order valence-corrected chi connectivity index (χ4v) is 4.07. The molecule has 3 rings (SSSR count). The number of nitrogen functional groups attached to an aromatic ring is 1. The van der Waals surface area contributed by atoms with Crippen LogP contribution >= 0.6 is 22.9 Å². The summed E-state index contributed by atoms with van der Waals surface area (Å²) < 4.78 is 0. The van der Waals surface area contributed by atoms with Gasteiger partial charge in [-0.3, -0.25) is 4.79 Å². The molecule has 0 aliphatic carbocycles. The maximum atomic E-state index is 12.5. The summed E-state index contributed by atoms with van der Waals surface area (Å²) in [6.07, 6.45) is 1.68. The number of fused-ring (bicyclic) bond motifs is 1. The monoisotopic (exact) mass is 433 g/mol. The maximum absolute atomic E-state index is 12.5. The molecule has 0 radical (unpaired) electrons. The summed E-state index contributed by atoms with van der Waals surface area (Å²) in [7, 11) is 4.06. The van der Waals surface area contributed by atoms with Crippen LogP contribution in [0.4, 0.5) is 5.82 Å². The van der Waals surface area contributed by atoms with E-state index < -0.39 is 0 Å². The van der Waals surface area contributed by atoms with Crippen LogP contribution in [-0.4, -0.2) is 43.0 Å². The van der Waals surface area contributed by atoms with Crippen molar-refractivity contribution in [2.45, 2.75) is 20.5 Å². The van der Waals surface area contributed by atoms with Crippen molar-refractivity contribution >= 4 is 45.4 Å². The molecular formula is C21H28ClN5OS. The van der Waals surface area contributed by atoms with Gasteiger partial charge in [-0.15, -0.1) is 11.3 Å². The van der Waals surface area contributed by atoms with Crippen molar-refractivity contribution in [2.24, 2.45) is 0 Å². The predicted octanol–water partition coefficient (Wildman–Crippen LogP) is 3.75. The summed E-state index contributed by atoms with van der Waals surface area (Å²) >= 11 is 7.71. The van der Waals surface area contributed by atoms with Gasteiger partial charge in [0, 0.05) is 42.6 Å². The Morgan fingerprint density at radius 3 is 2.79 bits per heavy atom. The number of nitrogens with zero attached hydrogens (tertiary/aromatic N) is 2. The fourth-order valence-electron chi connectivity index (χ4n) is 2.77. The Morgan fingerprint density at radius 2 is 2.03 bits per heavy atom. The molecule has 6 nitrogen and oxygen atoms in total. The minimum atomic E-state index is -0.124. The first-order valence-electron chi connectivity index (χ1n) is 8.99. The molecule has 1 aromatic carbocycles. The number of pyridine rings is 1. The zero-order valence-corrected chi connectivity index (χ0v) is 17.5. The Hall–Kier alpha value is -2.19. The Labute approximate surface area is 181 Å². The summed E-state index contributed by atoms with van der Waals surface area (Å²) in [5, 5.41) is 8.84. The predicted molar refractivity (Wildman–Crippen MR) is 124 cm³/mol. The van der Waals surface area contributed by atoms with E-state index in [0.717, 1.165) is 34.3 Å². The van der Waals surface area contributed by atoms with Gasteiger partial charge in [-0.25, -0.2) is 4.98 Å². The quantitative estimate of drug-likeness (QED) is 0.471. The van der Waals surface area contributed by atoms with Crippen LogP contribution in [-0.2, 0) is 13.1 Å². The zero-order chi connectivity index (χ0) is 20.1. The van der Waals surface area contributed by atoms with Crippen molar-refractivity contribution in [3.05, 3.63) is 56.9 Å². The van der Waals surface area contributed by atoms with Crippen molar-refractivity contribution in [3.63, 3.8) is 0 Å². The third-order valence-corrected chi connectivity index (χ3v) is 5.90. The fraction of sp³-hybridized carbons (Fsp3) is 0.333. The summed E-state index contributed by atoms with van der Waals surface area (Å²) in [6, 6.07) is 9.53. The molecule has 2 aromatic heterocycles. The number of aromatic nitrogens is 1. The zero-order valence-electron chi connectivity index (χ0n) is 16.0. The third kappa shape index (κ3) is 6.14. The molecule has 0 aliphatic rings. The van der Waals surface area contributed by atoms with Crippen LogP contribution in [0, 0.1) is 0 Å². The lowest BCUT2D eigenvalue weighted by Gasteiger charge is -2.09. The molecule has 29 heavy (non-hydrogen) atoms. The van der Waals surface area contributed by atoms with Gasteiger partial charge in [0.1, 0.15) is 5.82 Å². The lowest BCUT2D eigenvalue weighted by atomic mass is 10.1. The molecule has 0 aliphatic heterocycles. The van der Waals surface area contributed by atoms with E-state index in [0.29, 0.717) is 28.8 Å². The molecule has 0 spiro atoms. The van der Waals surface area contributed by atoms with Gasteiger partial charge in [-0.05, 0) is 43.2 Å². The van der Waals surface area contributed by atoms with Gasteiger partial charge < -0.3 is 21.3 Å². The van der Waals surface area contributed by atoms with Gasteiger partial charge >= 0.3 is 0 Å². The van der Waals surface area contributed by atoms with Crippen molar-refractivity contribution in [3.8, 4) is 0 Å². The average Bonchev–Trinajstić information content (AvgIpc) is 3.04. The highest BCUT2D eigenvalue weighted by atomic mass is 35.5. The minimum absolute atomic E-state index is 0. The molecule has 8 heteroatoms. The smallest absolute Gasteiger partial charge is 0.261 e. The largest absolute Gasteiger partial charge is 0.383 e. The maximum Gasteiger partial charge on any atom is 0.261 e. The highest BCUT2D eigenvalue weighted by molar-refractivity contribution is 7.14. The first kappa shape index (κ1) is 23.1. The van der Waals surface area contributed by atoms with Gasteiger partial charge in [0.2, 0.25) is 0 Å². The van der Waals surface area contributed by atoms with Crippen LogP contribution in [0.2, 0.25) is 5.02 Å². The number of nitrogens with one attached hydrogen (secondary N) is 2. The molecule has 156 valence electrons. The van der Waals surface area contributed by atoms with Crippen LogP contribution < -0.4 is 16.4 Å². The van der Waals surface area contributed by atoms with Crippen molar-refractivity contribution in [1.29, 1.82) is 0 Å². The van der Waals surface area contributed by atoms with E-state index in [1.54, 1.807) is 12.3 Å². The molecule has 0 fully saturated rings. The van der Waals surface area contributed by atoms with E-state index in [9.17, 15) is 4.79 Å². The molecule has 1 amide bonds. The summed E-state index contributed by atoms with van der Waals surface area (Å²) in [6.45, 7) is 2.91. The molecule has 0 bridgehead atoms.